The average molecular weight is 331 g/mol. The van der Waals surface area contributed by atoms with E-state index in [0.29, 0.717) is 12.1 Å². The molecule has 0 amide bonds. The number of fused-ring (bicyclic) bond motifs is 1. The van der Waals surface area contributed by atoms with Gasteiger partial charge in [-0.05, 0) is 69.7 Å². The summed E-state index contributed by atoms with van der Waals surface area (Å²) in [4.78, 5) is 12.4. The lowest BCUT2D eigenvalue weighted by Gasteiger charge is -2.51. The Bertz CT molecular complexity index is 782. The quantitative estimate of drug-likeness (QED) is 0.781. The number of piperidine rings is 1. The van der Waals surface area contributed by atoms with Gasteiger partial charge >= 0.3 is 0 Å². The molecular weight excluding hydrogens is 303 g/mol. The molecule has 1 fully saturated rings. The first-order chi connectivity index (χ1) is 11.3. The summed E-state index contributed by atoms with van der Waals surface area (Å²) in [5.74, 6) is -0.292. The zero-order chi connectivity index (χ0) is 17.4. The molecule has 1 saturated heterocycles. The highest BCUT2D eigenvalue weighted by atomic mass is 19.1. The van der Waals surface area contributed by atoms with E-state index in [0.717, 1.165) is 29.5 Å². The van der Waals surface area contributed by atoms with Gasteiger partial charge in [0.15, 0.2) is 0 Å². The third kappa shape index (κ3) is 3.12. The van der Waals surface area contributed by atoms with Gasteiger partial charge in [0.25, 0.3) is 5.56 Å². The van der Waals surface area contributed by atoms with Crippen LogP contribution in [0, 0.1) is 5.82 Å². The minimum absolute atomic E-state index is 0.0443. The number of likely N-dealkylation sites (tertiary alicyclic amines) is 1. The molecule has 1 aliphatic heterocycles. The van der Waals surface area contributed by atoms with E-state index in [4.69, 9.17) is 0 Å². The van der Waals surface area contributed by atoms with Gasteiger partial charge in [-0.25, -0.2) is 4.39 Å². The fraction of sp³-hybridized carbons (Fsp3) is 0.550. The van der Waals surface area contributed by atoms with Gasteiger partial charge in [-0.15, -0.1) is 0 Å². The molecule has 4 heteroatoms. The predicted octanol–water partition coefficient (Wildman–Crippen LogP) is 3.94. The van der Waals surface area contributed by atoms with Gasteiger partial charge in [0.1, 0.15) is 5.82 Å². The van der Waals surface area contributed by atoms with E-state index in [1.165, 1.54) is 31.4 Å². The average Bonchev–Trinajstić information content (AvgIpc) is 2.54. The van der Waals surface area contributed by atoms with Gasteiger partial charge in [0.05, 0.1) is 37.2 Å². The number of rotatable bonds is 3. The summed E-state index contributed by atoms with van der Waals surface area (Å²) in [7, 11) is 0. The molecule has 0 atom stereocenters. The number of nitrogens with zero attached hydrogens (tertiary/aromatic N) is 2. The Labute approximate surface area is 143 Å². The van der Waals surface area contributed by atoms with Crippen LogP contribution in [0.1, 0.15) is 40.0 Å². The van der Waals surface area contributed by atoms with Crippen LogP contribution in [0.4, 0.5) is 4.39 Å². The molecule has 0 spiro atoms. The van der Waals surface area contributed by atoms with Crippen molar-refractivity contribution in [3.05, 3.63) is 46.5 Å². The molecule has 24 heavy (non-hydrogen) atoms. The molecule has 0 saturated carbocycles. The first kappa shape index (κ1) is 17.2. The second-order valence-electron chi connectivity index (χ2n) is 8.07. The van der Waals surface area contributed by atoms with E-state index in [1.54, 1.807) is 22.8 Å². The zero-order valence-electron chi connectivity index (χ0n) is 15.0. The SMILES string of the molecule is CC(C)(C)[N+]1(CCn2c(=O)ccc3ccc(F)cc32)CCCCC1. The molecule has 0 unspecified atom stereocenters. The molecular formula is C20H28FN2O+. The van der Waals surface area contributed by atoms with Crippen LogP contribution in [0.5, 0.6) is 0 Å². The Morgan fingerprint density at radius 1 is 1.08 bits per heavy atom. The fourth-order valence-electron chi connectivity index (χ4n) is 4.13. The number of benzene rings is 1. The molecule has 130 valence electrons. The van der Waals surface area contributed by atoms with Crippen molar-refractivity contribution in [2.24, 2.45) is 0 Å². The molecule has 2 aromatic rings. The topological polar surface area (TPSA) is 22.0 Å². The molecule has 3 rings (SSSR count). The lowest BCUT2D eigenvalue weighted by Crippen LogP contribution is -2.63. The number of halogens is 1. The van der Waals surface area contributed by atoms with Gasteiger partial charge in [0, 0.05) is 6.07 Å². The Morgan fingerprint density at radius 3 is 2.42 bits per heavy atom. The summed E-state index contributed by atoms with van der Waals surface area (Å²) in [5, 5.41) is 0.914. The number of aromatic nitrogens is 1. The highest BCUT2D eigenvalue weighted by molar-refractivity contribution is 5.78. The third-order valence-electron chi connectivity index (χ3n) is 5.80. The molecule has 3 nitrogen and oxygen atoms in total. The van der Waals surface area contributed by atoms with Crippen LogP contribution in [0.25, 0.3) is 10.9 Å². The minimum Gasteiger partial charge on any atom is -0.318 e. The predicted molar refractivity (Wildman–Crippen MR) is 96.6 cm³/mol. The van der Waals surface area contributed by atoms with Crippen molar-refractivity contribution in [1.29, 1.82) is 0 Å². The highest BCUT2D eigenvalue weighted by Crippen LogP contribution is 2.30. The lowest BCUT2D eigenvalue weighted by molar-refractivity contribution is -0.975. The van der Waals surface area contributed by atoms with Crippen LogP contribution in [-0.4, -0.2) is 34.2 Å². The second-order valence-corrected chi connectivity index (χ2v) is 8.07. The molecule has 0 N–H and O–H groups in total. The van der Waals surface area contributed by atoms with E-state index < -0.39 is 0 Å². The molecule has 0 radical (unpaired) electrons. The monoisotopic (exact) mass is 331 g/mol. The summed E-state index contributed by atoms with van der Waals surface area (Å²) in [6, 6.07) is 8.05. The van der Waals surface area contributed by atoms with Crippen molar-refractivity contribution in [3.8, 4) is 0 Å². The fourth-order valence-corrected chi connectivity index (χ4v) is 4.13. The number of hydrogen-bond donors (Lipinski definition) is 0. The molecule has 2 heterocycles. The molecule has 1 aromatic heterocycles. The molecule has 0 bridgehead atoms. The molecule has 1 aromatic carbocycles. The normalized spacial score (nSPS) is 18.0. The maximum atomic E-state index is 13.7. The van der Waals surface area contributed by atoms with Crippen molar-refractivity contribution in [3.63, 3.8) is 0 Å². The van der Waals surface area contributed by atoms with Crippen molar-refractivity contribution < 1.29 is 8.87 Å². The smallest absolute Gasteiger partial charge is 0.251 e. The second kappa shape index (κ2) is 6.32. The third-order valence-corrected chi connectivity index (χ3v) is 5.80. The Kier molecular flexibility index (Phi) is 4.52. The first-order valence-corrected chi connectivity index (χ1v) is 8.98. The van der Waals surface area contributed by atoms with Gasteiger partial charge in [-0.3, -0.25) is 4.79 Å². The van der Waals surface area contributed by atoms with Gasteiger partial charge in [0.2, 0.25) is 0 Å². The van der Waals surface area contributed by atoms with Crippen molar-refractivity contribution in [2.75, 3.05) is 19.6 Å². The molecule has 0 aliphatic carbocycles. The number of pyridine rings is 1. The first-order valence-electron chi connectivity index (χ1n) is 8.98. The summed E-state index contributed by atoms with van der Waals surface area (Å²) >= 11 is 0. The summed E-state index contributed by atoms with van der Waals surface area (Å²) in [6.07, 6.45) is 3.79. The Balaban J connectivity index is 1.96. The largest absolute Gasteiger partial charge is 0.318 e. The van der Waals surface area contributed by atoms with Crippen LogP contribution in [0.15, 0.2) is 35.1 Å². The van der Waals surface area contributed by atoms with E-state index in [2.05, 4.69) is 20.8 Å². The summed E-state index contributed by atoms with van der Waals surface area (Å²) < 4.78 is 16.5. The van der Waals surface area contributed by atoms with Crippen LogP contribution in [-0.2, 0) is 6.54 Å². The number of quaternary nitrogens is 1. The van der Waals surface area contributed by atoms with E-state index >= 15 is 0 Å². The zero-order valence-corrected chi connectivity index (χ0v) is 15.0. The van der Waals surface area contributed by atoms with E-state index in [9.17, 15) is 9.18 Å². The van der Waals surface area contributed by atoms with E-state index in [1.807, 2.05) is 0 Å². The molecule has 1 aliphatic rings. The lowest BCUT2D eigenvalue weighted by atomic mass is 9.95. The van der Waals surface area contributed by atoms with Gasteiger partial charge in [-0.1, -0.05) is 0 Å². The Morgan fingerprint density at radius 2 is 1.75 bits per heavy atom. The summed E-state index contributed by atoms with van der Waals surface area (Å²) in [6.45, 7) is 10.8. The van der Waals surface area contributed by atoms with Crippen molar-refractivity contribution in [1.82, 2.24) is 4.57 Å². The van der Waals surface area contributed by atoms with E-state index in [-0.39, 0.29) is 16.9 Å². The standard InChI is InChI=1S/C20H28FN2O/c1-20(2,3)23(12-5-4-6-13-23)14-11-22-18-15-17(21)9-7-16(18)8-10-19(22)24/h7-10,15H,4-6,11-14H2,1-3H3/q+1. The van der Waals surface area contributed by atoms with Crippen molar-refractivity contribution >= 4 is 10.9 Å². The highest BCUT2D eigenvalue weighted by Gasteiger charge is 2.40. The van der Waals surface area contributed by atoms with Crippen LogP contribution < -0.4 is 5.56 Å². The van der Waals surface area contributed by atoms with Crippen LogP contribution in [0.2, 0.25) is 0 Å². The van der Waals surface area contributed by atoms with Gasteiger partial charge in [-0.2, -0.15) is 0 Å². The van der Waals surface area contributed by atoms with Crippen LogP contribution >= 0.6 is 0 Å². The minimum atomic E-state index is -0.292. The Hall–Kier alpha value is -1.68. The maximum absolute atomic E-state index is 13.7. The van der Waals surface area contributed by atoms with Gasteiger partial charge < -0.3 is 9.05 Å². The number of hydrogen-bond acceptors (Lipinski definition) is 1. The van der Waals surface area contributed by atoms with Crippen molar-refractivity contribution in [2.45, 2.75) is 52.1 Å². The van der Waals surface area contributed by atoms with Crippen LogP contribution in [0.3, 0.4) is 0 Å². The maximum Gasteiger partial charge on any atom is 0.251 e. The summed E-state index contributed by atoms with van der Waals surface area (Å²) in [5.41, 5.74) is 0.809.